The molecule has 3 rings (SSSR count). The van der Waals surface area contributed by atoms with Gasteiger partial charge in [0, 0.05) is 37.4 Å². The van der Waals surface area contributed by atoms with Gasteiger partial charge in [0.15, 0.2) is 0 Å². The van der Waals surface area contributed by atoms with Gasteiger partial charge in [-0.2, -0.15) is 0 Å². The highest BCUT2D eigenvalue weighted by molar-refractivity contribution is 6.64. The second-order valence-electron chi connectivity index (χ2n) is 5.42. The van der Waals surface area contributed by atoms with E-state index in [-0.39, 0.29) is 18.2 Å². The Morgan fingerprint density at radius 3 is 2.55 bits per heavy atom. The second-order valence-corrected chi connectivity index (χ2v) is 5.80. The minimum atomic E-state index is -0.420. The molecule has 1 aromatic rings. The average Bonchev–Trinajstić information content (AvgIpc) is 3.08. The second kappa shape index (κ2) is 5.44. The standard InChI is InChI=1S/C15H17ClN2O2/c16-15(20)11-8-14(19)18(10-11)13-5-3-4-12(9-13)17-6-1-2-7-17/h3-5,9,11H,1-2,6-8,10H2/t11-/m0/s1. The predicted molar refractivity (Wildman–Crippen MR) is 79.2 cm³/mol. The molecule has 1 aromatic carbocycles. The summed E-state index contributed by atoms with van der Waals surface area (Å²) >= 11 is 5.51. The van der Waals surface area contributed by atoms with E-state index in [1.807, 2.05) is 18.2 Å². The Hall–Kier alpha value is -1.55. The van der Waals surface area contributed by atoms with E-state index in [2.05, 4.69) is 11.0 Å². The molecule has 2 saturated heterocycles. The Balaban J connectivity index is 1.81. The summed E-state index contributed by atoms with van der Waals surface area (Å²) in [6, 6.07) is 7.98. The zero-order chi connectivity index (χ0) is 14.1. The van der Waals surface area contributed by atoms with E-state index in [1.54, 1.807) is 4.90 Å². The van der Waals surface area contributed by atoms with Gasteiger partial charge < -0.3 is 9.80 Å². The molecule has 0 spiro atoms. The third-order valence-corrected chi connectivity index (χ3v) is 4.37. The maximum atomic E-state index is 12.0. The highest BCUT2D eigenvalue weighted by Gasteiger charge is 2.34. The van der Waals surface area contributed by atoms with Crippen molar-refractivity contribution in [2.24, 2.45) is 5.92 Å². The topological polar surface area (TPSA) is 40.6 Å². The van der Waals surface area contributed by atoms with Gasteiger partial charge in [-0.15, -0.1) is 0 Å². The van der Waals surface area contributed by atoms with Crippen LogP contribution in [0.2, 0.25) is 0 Å². The summed E-state index contributed by atoms with van der Waals surface area (Å²) in [6.45, 7) is 2.53. The molecule has 0 N–H and O–H groups in total. The summed E-state index contributed by atoms with van der Waals surface area (Å²) in [4.78, 5) is 27.2. The fourth-order valence-electron chi connectivity index (χ4n) is 2.94. The molecule has 20 heavy (non-hydrogen) atoms. The van der Waals surface area contributed by atoms with Gasteiger partial charge in [0.05, 0.1) is 5.92 Å². The number of carbonyl (C=O) groups is 2. The molecular weight excluding hydrogens is 276 g/mol. The zero-order valence-electron chi connectivity index (χ0n) is 11.2. The van der Waals surface area contributed by atoms with E-state index < -0.39 is 5.24 Å². The molecule has 0 radical (unpaired) electrons. The molecule has 106 valence electrons. The van der Waals surface area contributed by atoms with Crippen LogP contribution in [0.4, 0.5) is 11.4 Å². The van der Waals surface area contributed by atoms with Gasteiger partial charge in [-0.05, 0) is 42.6 Å². The summed E-state index contributed by atoms with van der Waals surface area (Å²) in [5.41, 5.74) is 2.01. The summed E-state index contributed by atoms with van der Waals surface area (Å²) in [5, 5.41) is -0.420. The number of benzene rings is 1. The first-order valence-electron chi connectivity index (χ1n) is 7.00. The summed E-state index contributed by atoms with van der Waals surface area (Å²) in [7, 11) is 0. The van der Waals surface area contributed by atoms with Crippen molar-refractivity contribution < 1.29 is 9.59 Å². The van der Waals surface area contributed by atoms with Crippen LogP contribution in [0, 0.1) is 5.92 Å². The number of hydrogen-bond donors (Lipinski definition) is 0. The quantitative estimate of drug-likeness (QED) is 0.803. The summed E-state index contributed by atoms with van der Waals surface area (Å²) in [6.07, 6.45) is 2.65. The molecule has 1 amide bonds. The number of nitrogens with zero attached hydrogens (tertiary/aromatic N) is 2. The molecule has 4 nitrogen and oxygen atoms in total. The largest absolute Gasteiger partial charge is 0.371 e. The van der Waals surface area contributed by atoms with Gasteiger partial charge in [-0.3, -0.25) is 9.59 Å². The van der Waals surface area contributed by atoms with Crippen molar-refractivity contribution >= 4 is 34.1 Å². The molecule has 0 aromatic heterocycles. The fraction of sp³-hybridized carbons (Fsp3) is 0.467. The fourth-order valence-corrected chi connectivity index (χ4v) is 3.09. The van der Waals surface area contributed by atoms with Crippen LogP contribution in [0.1, 0.15) is 19.3 Å². The lowest BCUT2D eigenvalue weighted by Crippen LogP contribution is -2.25. The smallest absolute Gasteiger partial charge is 0.227 e. The molecule has 0 aliphatic carbocycles. The van der Waals surface area contributed by atoms with Crippen molar-refractivity contribution in [1.82, 2.24) is 0 Å². The Kier molecular flexibility index (Phi) is 3.66. The normalized spacial score (nSPS) is 22.6. The third-order valence-electron chi connectivity index (χ3n) is 4.06. The van der Waals surface area contributed by atoms with E-state index >= 15 is 0 Å². The monoisotopic (exact) mass is 292 g/mol. The first kappa shape index (κ1) is 13.4. The van der Waals surface area contributed by atoms with Crippen molar-refractivity contribution in [3.05, 3.63) is 24.3 Å². The molecule has 2 aliphatic heterocycles. The lowest BCUT2D eigenvalue weighted by atomic mass is 10.1. The maximum absolute atomic E-state index is 12.0. The third kappa shape index (κ3) is 2.52. The molecule has 5 heteroatoms. The van der Waals surface area contributed by atoms with Crippen molar-refractivity contribution in [1.29, 1.82) is 0 Å². The summed E-state index contributed by atoms with van der Waals surface area (Å²) in [5.74, 6) is -0.401. The lowest BCUT2D eigenvalue weighted by molar-refractivity contribution is -0.120. The van der Waals surface area contributed by atoms with Crippen LogP contribution in [0.25, 0.3) is 0 Å². The van der Waals surface area contributed by atoms with E-state index in [9.17, 15) is 9.59 Å². The van der Waals surface area contributed by atoms with Gasteiger partial charge in [0.1, 0.15) is 0 Å². The van der Waals surface area contributed by atoms with Crippen LogP contribution < -0.4 is 9.80 Å². The van der Waals surface area contributed by atoms with Gasteiger partial charge >= 0.3 is 0 Å². The van der Waals surface area contributed by atoms with Crippen molar-refractivity contribution in [2.75, 3.05) is 29.4 Å². The molecular formula is C15H17ClN2O2. The van der Waals surface area contributed by atoms with Crippen molar-refractivity contribution in [3.63, 3.8) is 0 Å². The number of amides is 1. The Morgan fingerprint density at radius 2 is 1.90 bits per heavy atom. The summed E-state index contributed by atoms with van der Waals surface area (Å²) < 4.78 is 0. The molecule has 2 aliphatic rings. The molecule has 2 heterocycles. The first-order chi connectivity index (χ1) is 9.65. The molecule has 0 saturated carbocycles. The van der Waals surface area contributed by atoms with Crippen molar-refractivity contribution in [2.45, 2.75) is 19.3 Å². The molecule has 2 fully saturated rings. The zero-order valence-corrected chi connectivity index (χ0v) is 12.0. The van der Waals surface area contributed by atoms with Gasteiger partial charge in [0.2, 0.25) is 11.1 Å². The van der Waals surface area contributed by atoms with Crippen LogP contribution >= 0.6 is 11.6 Å². The number of carbonyl (C=O) groups excluding carboxylic acids is 2. The van der Waals surface area contributed by atoms with Crippen LogP contribution in [-0.2, 0) is 9.59 Å². The average molecular weight is 293 g/mol. The first-order valence-corrected chi connectivity index (χ1v) is 7.37. The number of anilines is 2. The van der Waals surface area contributed by atoms with Gasteiger partial charge in [-0.25, -0.2) is 0 Å². The lowest BCUT2D eigenvalue weighted by Gasteiger charge is -2.21. The van der Waals surface area contributed by atoms with Crippen LogP contribution in [0.15, 0.2) is 24.3 Å². The highest BCUT2D eigenvalue weighted by Crippen LogP contribution is 2.30. The van der Waals surface area contributed by atoms with E-state index in [1.165, 1.54) is 12.8 Å². The van der Waals surface area contributed by atoms with Gasteiger partial charge in [-0.1, -0.05) is 6.07 Å². The molecule has 0 unspecified atom stereocenters. The minimum absolute atomic E-state index is 0.0254. The van der Waals surface area contributed by atoms with E-state index in [0.29, 0.717) is 6.54 Å². The number of rotatable bonds is 3. The molecule has 0 bridgehead atoms. The molecule has 1 atom stereocenters. The Labute approximate surface area is 123 Å². The van der Waals surface area contributed by atoms with Gasteiger partial charge in [0.25, 0.3) is 0 Å². The number of hydrogen-bond acceptors (Lipinski definition) is 3. The van der Waals surface area contributed by atoms with Crippen LogP contribution in [-0.4, -0.2) is 30.8 Å². The van der Waals surface area contributed by atoms with Crippen LogP contribution in [0.5, 0.6) is 0 Å². The minimum Gasteiger partial charge on any atom is -0.371 e. The van der Waals surface area contributed by atoms with Crippen LogP contribution in [0.3, 0.4) is 0 Å². The highest BCUT2D eigenvalue weighted by atomic mass is 35.5. The maximum Gasteiger partial charge on any atom is 0.227 e. The van der Waals surface area contributed by atoms with Crippen molar-refractivity contribution in [3.8, 4) is 0 Å². The predicted octanol–water partition coefficient (Wildman–Crippen LogP) is 2.41. The van der Waals surface area contributed by atoms with E-state index in [0.717, 1.165) is 24.5 Å². The number of halogens is 1. The Morgan fingerprint density at radius 1 is 1.20 bits per heavy atom. The Bertz CT molecular complexity index is 540. The SMILES string of the molecule is O=C(Cl)[C@H]1CC(=O)N(c2cccc(N3CCCC3)c2)C1. The van der Waals surface area contributed by atoms with E-state index in [4.69, 9.17) is 11.6 Å².